The van der Waals surface area contributed by atoms with Gasteiger partial charge in [-0.05, 0) is 7.05 Å². The van der Waals surface area contributed by atoms with Gasteiger partial charge in [0.25, 0.3) is 0 Å². The highest BCUT2D eigenvalue weighted by Crippen LogP contribution is 1.91. The van der Waals surface area contributed by atoms with E-state index >= 15 is 0 Å². The predicted octanol–water partition coefficient (Wildman–Crippen LogP) is -2.56. The minimum atomic E-state index is -2.29. The van der Waals surface area contributed by atoms with Crippen molar-refractivity contribution in [2.24, 2.45) is 0 Å². The van der Waals surface area contributed by atoms with E-state index in [1.54, 1.807) is 7.05 Å². The zero-order chi connectivity index (χ0) is 11.2. The monoisotopic (exact) mass is 205 g/mol. The molecule has 0 heterocycles. The van der Waals surface area contributed by atoms with E-state index in [0.29, 0.717) is 0 Å². The third-order valence-electron chi connectivity index (χ3n) is 1.16. The summed E-state index contributed by atoms with van der Waals surface area (Å²) < 4.78 is 0. The fourth-order valence-electron chi connectivity index (χ4n) is 0.704. The molecule has 14 heavy (non-hydrogen) atoms. The number of aliphatic hydroxyl groups is 2. The first kappa shape index (κ1) is 12.8. The largest absolute Gasteiger partial charge is 0.349 e. The molecule has 0 aliphatic heterocycles. The Morgan fingerprint density at radius 3 is 2.29 bits per heavy atom. The molecule has 0 aliphatic rings. The summed E-state index contributed by atoms with van der Waals surface area (Å²) in [5.41, 5.74) is 0. The number of nitrogens with one attached hydrogen (secondary N) is 3. The molecule has 0 bridgehead atoms. The minimum absolute atomic E-state index is 0.252. The number of carbonyl (C=O) groups excluding carboxylic acids is 2. The van der Waals surface area contributed by atoms with Crippen molar-refractivity contribution in [3.05, 3.63) is 0 Å². The van der Waals surface area contributed by atoms with Crippen LogP contribution in [-0.2, 0) is 9.59 Å². The molecule has 0 rings (SSSR count). The number of hydrogen-bond donors (Lipinski definition) is 5. The van der Waals surface area contributed by atoms with E-state index in [9.17, 15) is 9.59 Å². The lowest BCUT2D eigenvalue weighted by molar-refractivity contribution is -0.177. The minimum Gasteiger partial charge on any atom is -0.349 e. The normalized spacial score (nSPS) is 10.9. The molecule has 5 N–H and O–H groups in total. The smallest absolute Gasteiger partial charge is 0.243 e. The van der Waals surface area contributed by atoms with E-state index < -0.39 is 24.1 Å². The lowest BCUT2D eigenvalue weighted by Gasteiger charge is -2.16. The van der Waals surface area contributed by atoms with Crippen LogP contribution in [0.25, 0.3) is 0 Å². The number of rotatable bonds is 5. The van der Waals surface area contributed by atoms with Gasteiger partial charge >= 0.3 is 0 Å². The molecule has 0 saturated carbocycles. The van der Waals surface area contributed by atoms with Gasteiger partial charge < -0.3 is 26.2 Å². The second-order valence-electron chi connectivity index (χ2n) is 2.88. The second kappa shape index (κ2) is 5.53. The van der Waals surface area contributed by atoms with Crippen molar-refractivity contribution in [1.29, 1.82) is 0 Å². The lowest BCUT2D eigenvalue weighted by Crippen LogP contribution is -2.47. The molecule has 0 fully saturated rings. The fourth-order valence-corrected chi connectivity index (χ4v) is 0.704. The summed E-state index contributed by atoms with van der Waals surface area (Å²) in [6, 6.07) is 0. The summed E-state index contributed by atoms with van der Waals surface area (Å²) >= 11 is 0. The highest BCUT2D eigenvalue weighted by molar-refractivity contribution is 5.96. The maximum atomic E-state index is 10.9. The Hall–Kier alpha value is -1.18. The van der Waals surface area contributed by atoms with Crippen molar-refractivity contribution in [2.75, 3.05) is 13.7 Å². The van der Waals surface area contributed by atoms with Gasteiger partial charge in [0.1, 0.15) is 6.42 Å². The quantitative estimate of drug-likeness (QED) is 0.250. The van der Waals surface area contributed by atoms with Crippen LogP contribution in [0.1, 0.15) is 13.3 Å². The van der Waals surface area contributed by atoms with Gasteiger partial charge in [-0.1, -0.05) is 0 Å². The molecule has 7 nitrogen and oxygen atoms in total. The van der Waals surface area contributed by atoms with Crippen molar-refractivity contribution in [3.63, 3.8) is 0 Å². The van der Waals surface area contributed by atoms with Gasteiger partial charge in [-0.3, -0.25) is 9.59 Å². The molecule has 0 atom stereocenters. The van der Waals surface area contributed by atoms with Gasteiger partial charge in [0.15, 0.2) is 0 Å². The Kier molecular flexibility index (Phi) is 5.06. The first-order valence-corrected chi connectivity index (χ1v) is 4.02. The molecular formula is C7H15N3O4. The molecule has 82 valence electrons. The molecule has 0 saturated heterocycles. The SMILES string of the molecule is CNCNC(=O)CC(=O)NC(C)(O)O. The molecule has 7 heteroatoms. The van der Waals surface area contributed by atoms with Crippen LogP contribution in [0.2, 0.25) is 0 Å². The number of carbonyl (C=O) groups is 2. The molecule has 0 radical (unpaired) electrons. The summed E-state index contributed by atoms with van der Waals surface area (Å²) in [7, 11) is 1.64. The molecule has 0 aromatic rings. The molecule has 0 aromatic heterocycles. The van der Waals surface area contributed by atoms with Crippen LogP contribution in [0.3, 0.4) is 0 Å². The van der Waals surface area contributed by atoms with Gasteiger partial charge in [-0.15, -0.1) is 0 Å². The fraction of sp³-hybridized carbons (Fsp3) is 0.714. The Balaban J connectivity index is 3.78. The first-order chi connectivity index (χ1) is 6.35. The van der Waals surface area contributed by atoms with E-state index in [4.69, 9.17) is 10.2 Å². The summed E-state index contributed by atoms with van der Waals surface area (Å²) in [5, 5.41) is 24.4. The zero-order valence-electron chi connectivity index (χ0n) is 8.13. The van der Waals surface area contributed by atoms with Gasteiger partial charge in [0, 0.05) is 6.92 Å². The Morgan fingerprint density at radius 2 is 1.86 bits per heavy atom. The molecule has 0 unspecified atom stereocenters. The Morgan fingerprint density at radius 1 is 1.29 bits per heavy atom. The van der Waals surface area contributed by atoms with Crippen molar-refractivity contribution in [3.8, 4) is 0 Å². The highest BCUT2D eigenvalue weighted by Gasteiger charge is 2.19. The number of hydrogen-bond acceptors (Lipinski definition) is 5. The van der Waals surface area contributed by atoms with Crippen LogP contribution >= 0.6 is 0 Å². The summed E-state index contributed by atoms with van der Waals surface area (Å²) in [5.74, 6) is -3.55. The van der Waals surface area contributed by atoms with Crippen LogP contribution in [0.5, 0.6) is 0 Å². The van der Waals surface area contributed by atoms with Crippen molar-refractivity contribution >= 4 is 11.8 Å². The lowest BCUT2D eigenvalue weighted by atomic mass is 10.3. The number of amides is 2. The molecule has 2 amide bonds. The maximum Gasteiger partial charge on any atom is 0.243 e. The van der Waals surface area contributed by atoms with Crippen LogP contribution in [0.4, 0.5) is 0 Å². The third kappa shape index (κ3) is 7.47. The van der Waals surface area contributed by atoms with Gasteiger partial charge in [0.05, 0.1) is 6.67 Å². The second-order valence-corrected chi connectivity index (χ2v) is 2.88. The van der Waals surface area contributed by atoms with Crippen LogP contribution in [-0.4, -0.2) is 41.7 Å². The van der Waals surface area contributed by atoms with Gasteiger partial charge in [-0.25, -0.2) is 0 Å². The summed E-state index contributed by atoms with van der Waals surface area (Å²) in [6.07, 6.45) is -0.446. The van der Waals surface area contributed by atoms with E-state index in [1.807, 2.05) is 5.32 Å². The average Bonchev–Trinajstić information content (AvgIpc) is 1.96. The zero-order valence-corrected chi connectivity index (χ0v) is 8.13. The van der Waals surface area contributed by atoms with E-state index in [-0.39, 0.29) is 6.67 Å². The standard InChI is InChI=1S/C7H15N3O4/c1-7(13,14)10-6(12)3-5(11)9-4-8-2/h8,13-14H,3-4H2,1-2H3,(H,9,11)(H,10,12). The van der Waals surface area contributed by atoms with Crippen LogP contribution in [0, 0.1) is 0 Å². The molecule has 0 aromatic carbocycles. The van der Waals surface area contributed by atoms with Gasteiger partial charge in [-0.2, -0.15) is 0 Å². The Labute approximate surface area is 81.5 Å². The first-order valence-electron chi connectivity index (χ1n) is 4.02. The van der Waals surface area contributed by atoms with Crippen molar-refractivity contribution in [1.82, 2.24) is 16.0 Å². The summed E-state index contributed by atoms with van der Waals surface area (Å²) in [6.45, 7) is 1.23. The highest BCUT2D eigenvalue weighted by atomic mass is 16.5. The van der Waals surface area contributed by atoms with E-state index in [2.05, 4.69) is 10.6 Å². The topological polar surface area (TPSA) is 111 Å². The van der Waals surface area contributed by atoms with E-state index in [1.165, 1.54) is 0 Å². The predicted molar refractivity (Wildman–Crippen MR) is 47.7 cm³/mol. The Bertz CT molecular complexity index is 211. The maximum absolute atomic E-state index is 10.9. The third-order valence-corrected chi connectivity index (χ3v) is 1.16. The molecule has 0 aliphatic carbocycles. The molecular weight excluding hydrogens is 190 g/mol. The van der Waals surface area contributed by atoms with Crippen LogP contribution < -0.4 is 16.0 Å². The molecule has 0 spiro atoms. The van der Waals surface area contributed by atoms with Crippen molar-refractivity contribution in [2.45, 2.75) is 19.3 Å². The summed E-state index contributed by atoms with van der Waals surface area (Å²) in [4.78, 5) is 21.8. The van der Waals surface area contributed by atoms with Crippen molar-refractivity contribution < 1.29 is 19.8 Å². The van der Waals surface area contributed by atoms with E-state index in [0.717, 1.165) is 6.92 Å². The van der Waals surface area contributed by atoms with Crippen LogP contribution in [0.15, 0.2) is 0 Å². The van der Waals surface area contributed by atoms with Gasteiger partial charge in [0.2, 0.25) is 17.7 Å². The average molecular weight is 205 g/mol.